The van der Waals surface area contributed by atoms with E-state index >= 15 is 0 Å². The summed E-state index contributed by atoms with van der Waals surface area (Å²) < 4.78 is 15.4. The molecule has 0 atom stereocenters. The highest BCUT2D eigenvalue weighted by molar-refractivity contribution is 6.30. The van der Waals surface area contributed by atoms with Crippen LogP contribution < -0.4 is 9.47 Å². The van der Waals surface area contributed by atoms with Gasteiger partial charge in [-0.1, -0.05) is 17.7 Å². The number of methoxy groups -OCH3 is 1. The number of hydrogen-bond acceptors (Lipinski definition) is 5. The second-order valence-corrected chi connectivity index (χ2v) is 5.33. The molecular weight excluding hydrogens is 344 g/mol. The summed E-state index contributed by atoms with van der Waals surface area (Å²) in [5.41, 5.74) is 1.08. The highest BCUT2D eigenvalue weighted by atomic mass is 35.5. The van der Waals surface area contributed by atoms with E-state index < -0.39 is 11.9 Å². The van der Waals surface area contributed by atoms with Gasteiger partial charge in [-0.15, -0.1) is 0 Å². The summed E-state index contributed by atoms with van der Waals surface area (Å²) in [5, 5.41) is 0.534. The van der Waals surface area contributed by atoms with Gasteiger partial charge in [-0.3, -0.25) is 0 Å². The molecule has 0 N–H and O–H groups in total. The number of halogens is 1. The summed E-state index contributed by atoms with van der Waals surface area (Å²) >= 11 is 5.80. The average Bonchev–Trinajstić information content (AvgIpc) is 2.61. The third kappa shape index (κ3) is 5.36. The third-order valence-corrected chi connectivity index (χ3v) is 3.42. The first-order valence-electron chi connectivity index (χ1n) is 7.54. The largest absolute Gasteiger partial charge is 0.493 e. The van der Waals surface area contributed by atoms with E-state index in [1.165, 1.54) is 13.2 Å². The second-order valence-electron chi connectivity index (χ2n) is 4.89. The highest BCUT2D eigenvalue weighted by Crippen LogP contribution is 2.29. The lowest BCUT2D eigenvalue weighted by Crippen LogP contribution is -2.09. The van der Waals surface area contributed by atoms with E-state index in [0.29, 0.717) is 28.5 Å². The van der Waals surface area contributed by atoms with Crippen molar-refractivity contribution < 1.29 is 23.8 Å². The third-order valence-electron chi connectivity index (χ3n) is 3.17. The standard InChI is InChI=1S/C19H17ClO5/c1-3-24-18(21)11-5-13-4-10-16(17(12-13)23-2)25-19(22)14-6-8-15(20)9-7-14/h4-12H,3H2,1-2H3/b11-5+. The molecule has 0 amide bonds. The van der Waals surface area contributed by atoms with Crippen molar-refractivity contribution in [3.63, 3.8) is 0 Å². The van der Waals surface area contributed by atoms with Crippen molar-refractivity contribution in [2.24, 2.45) is 0 Å². The molecule has 0 bridgehead atoms. The average molecular weight is 361 g/mol. The van der Waals surface area contributed by atoms with Crippen LogP contribution in [0.1, 0.15) is 22.8 Å². The molecule has 2 aromatic rings. The lowest BCUT2D eigenvalue weighted by Gasteiger charge is -2.10. The van der Waals surface area contributed by atoms with Crippen LogP contribution in [0.25, 0.3) is 6.08 Å². The Morgan fingerprint density at radius 2 is 1.80 bits per heavy atom. The molecule has 0 saturated carbocycles. The molecule has 0 aliphatic rings. The van der Waals surface area contributed by atoms with Gasteiger partial charge in [0, 0.05) is 11.1 Å². The predicted molar refractivity (Wildman–Crippen MR) is 95.1 cm³/mol. The van der Waals surface area contributed by atoms with Gasteiger partial charge in [-0.05, 0) is 55.0 Å². The van der Waals surface area contributed by atoms with Crippen molar-refractivity contribution in [1.29, 1.82) is 0 Å². The number of esters is 2. The second kappa shape index (κ2) is 8.89. The maximum Gasteiger partial charge on any atom is 0.343 e. The Hall–Kier alpha value is -2.79. The van der Waals surface area contributed by atoms with Crippen LogP contribution in [-0.4, -0.2) is 25.7 Å². The number of benzene rings is 2. The predicted octanol–water partition coefficient (Wildman–Crippen LogP) is 4.14. The van der Waals surface area contributed by atoms with Crippen LogP contribution in [0.15, 0.2) is 48.5 Å². The maximum atomic E-state index is 12.2. The van der Waals surface area contributed by atoms with Crippen LogP contribution in [0.2, 0.25) is 5.02 Å². The molecule has 6 heteroatoms. The highest BCUT2D eigenvalue weighted by Gasteiger charge is 2.12. The van der Waals surface area contributed by atoms with Crippen molar-refractivity contribution >= 4 is 29.6 Å². The fraction of sp³-hybridized carbons (Fsp3) is 0.158. The van der Waals surface area contributed by atoms with Gasteiger partial charge in [0.05, 0.1) is 19.3 Å². The van der Waals surface area contributed by atoms with Gasteiger partial charge in [-0.2, -0.15) is 0 Å². The number of carbonyl (C=O) groups is 2. The molecule has 2 aromatic carbocycles. The monoisotopic (exact) mass is 360 g/mol. The van der Waals surface area contributed by atoms with Crippen molar-refractivity contribution in [2.75, 3.05) is 13.7 Å². The van der Waals surface area contributed by atoms with Crippen molar-refractivity contribution in [1.82, 2.24) is 0 Å². The van der Waals surface area contributed by atoms with E-state index in [0.717, 1.165) is 0 Å². The fourth-order valence-corrected chi connectivity index (χ4v) is 2.10. The maximum absolute atomic E-state index is 12.2. The minimum atomic E-state index is -0.523. The minimum absolute atomic E-state index is 0.274. The van der Waals surface area contributed by atoms with Gasteiger partial charge in [0.15, 0.2) is 11.5 Å². The van der Waals surface area contributed by atoms with Crippen molar-refractivity contribution in [2.45, 2.75) is 6.92 Å². The van der Waals surface area contributed by atoms with Crippen LogP contribution >= 0.6 is 11.6 Å². The van der Waals surface area contributed by atoms with Crippen LogP contribution in [0.5, 0.6) is 11.5 Å². The number of ether oxygens (including phenoxy) is 3. The zero-order valence-corrected chi connectivity index (χ0v) is 14.6. The summed E-state index contributed by atoms with van der Waals surface area (Å²) in [4.78, 5) is 23.5. The summed E-state index contributed by atoms with van der Waals surface area (Å²) in [7, 11) is 1.47. The first-order valence-corrected chi connectivity index (χ1v) is 7.92. The quantitative estimate of drug-likeness (QED) is 0.440. The Morgan fingerprint density at radius 3 is 2.44 bits per heavy atom. The van der Waals surface area contributed by atoms with E-state index in [1.807, 2.05) is 0 Å². The van der Waals surface area contributed by atoms with E-state index in [-0.39, 0.29) is 5.75 Å². The Bertz CT molecular complexity index is 781. The van der Waals surface area contributed by atoms with Gasteiger partial charge in [0.25, 0.3) is 0 Å². The van der Waals surface area contributed by atoms with E-state index in [2.05, 4.69) is 0 Å². The fourth-order valence-electron chi connectivity index (χ4n) is 1.97. The zero-order chi connectivity index (χ0) is 18.2. The molecule has 130 valence electrons. The normalized spacial score (nSPS) is 10.5. The minimum Gasteiger partial charge on any atom is -0.493 e. The molecule has 0 saturated heterocycles. The van der Waals surface area contributed by atoms with Crippen LogP contribution in [0, 0.1) is 0 Å². The molecule has 0 radical (unpaired) electrons. The Balaban J connectivity index is 2.14. The van der Waals surface area contributed by atoms with Gasteiger partial charge in [0.1, 0.15) is 0 Å². The molecule has 25 heavy (non-hydrogen) atoms. The molecule has 0 unspecified atom stereocenters. The molecule has 5 nitrogen and oxygen atoms in total. The molecule has 0 spiro atoms. The van der Waals surface area contributed by atoms with E-state index in [9.17, 15) is 9.59 Å². The lowest BCUT2D eigenvalue weighted by atomic mass is 10.2. The van der Waals surface area contributed by atoms with E-state index in [1.54, 1.807) is 55.5 Å². The SMILES string of the molecule is CCOC(=O)/C=C/c1ccc(OC(=O)c2ccc(Cl)cc2)c(OC)c1. The first-order chi connectivity index (χ1) is 12.0. The van der Waals surface area contributed by atoms with Crippen LogP contribution in [0.4, 0.5) is 0 Å². The lowest BCUT2D eigenvalue weighted by molar-refractivity contribution is -0.137. The van der Waals surface area contributed by atoms with Gasteiger partial charge < -0.3 is 14.2 Å². The molecule has 0 heterocycles. The van der Waals surface area contributed by atoms with Crippen LogP contribution in [0.3, 0.4) is 0 Å². The summed E-state index contributed by atoms with van der Waals surface area (Å²) in [6, 6.07) is 11.3. The Labute approximate surface area is 150 Å². The van der Waals surface area contributed by atoms with Gasteiger partial charge >= 0.3 is 11.9 Å². The summed E-state index contributed by atoms with van der Waals surface area (Å²) in [5.74, 6) is -0.312. The molecule has 0 aliphatic heterocycles. The van der Waals surface area contributed by atoms with Crippen LogP contribution in [-0.2, 0) is 9.53 Å². The molecule has 0 fully saturated rings. The summed E-state index contributed by atoms with van der Waals surface area (Å²) in [6.45, 7) is 2.05. The van der Waals surface area contributed by atoms with Gasteiger partial charge in [0.2, 0.25) is 0 Å². The Kier molecular flexibility index (Phi) is 6.60. The van der Waals surface area contributed by atoms with E-state index in [4.69, 9.17) is 25.8 Å². The number of hydrogen-bond donors (Lipinski definition) is 0. The molecule has 0 aromatic heterocycles. The first kappa shape index (κ1) is 18.5. The number of carbonyl (C=O) groups excluding carboxylic acids is 2. The molecular formula is C19H17ClO5. The number of rotatable bonds is 6. The van der Waals surface area contributed by atoms with Crippen molar-refractivity contribution in [3.8, 4) is 11.5 Å². The zero-order valence-electron chi connectivity index (χ0n) is 13.8. The topological polar surface area (TPSA) is 61.8 Å². The molecule has 2 rings (SSSR count). The summed E-state index contributed by atoms with van der Waals surface area (Å²) in [6.07, 6.45) is 2.91. The smallest absolute Gasteiger partial charge is 0.343 e. The van der Waals surface area contributed by atoms with Crippen molar-refractivity contribution in [3.05, 3.63) is 64.7 Å². The van der Waals surface area contributed by atoms with Gasteiger partial charge in [-0.25, -0.2) is 9.59 Å². The Morgan fingerprint density at radius 1 is 1.08 bits per heavy atom. The molecule has 0 aliphatic carbocycles.